The minimum atomic E-state index is -0.756. The van der Waals surface area contributed by atoms with Crippen molar-refractivity contribution in [1.82, 2.24) is 10.2 Å². The third kappa shape index (κ3) is 11.3. The largest absolute Gasteiger partial charge is 0.480 e. The molecule has 0 bridgehead atoms. The number of hydrogen-bond acceptors (Lipinski definition) is 3. The standard InChI is InChI=1S/C11H24N2O2/c1-3-4-5-7-12-8-6-9-13(2)10-11(14)15/h12H,3-10H2,1-2H3,(H,14,15). The fourth-order valence-electron chi connectivity index (χ4n) is 1.41. The molecule has 0 aliphatic heterocycles. The Morgan fingerprint density at radius 1 is 1.27 bits per heavy atom. The second-order valence-electron chi connectivity index (χ2n) is 3.94. The van der Waals surface area contributed by atoms with Crippen molar-refractivity contribution in [2.45, 2.75) is 32.6 Å². The van der Waals surface area contributed by atoms with E-state index >= 15 is 0 Å². The first kappa shape index (κ1) is 14.4. The van der Waals surface area contributed by atoms with E-state index in [0.717, 1.165) is 26.1 Å². The molecule has 0 aliphatic carbocycles. The number of carboxylic acids is 1. The minimum absolute atomic E-state index is 0.135. The fourth-order valence-corrected chi connectivity index (χ4v) is 1.41. The zero-order valence-electron chi connectivity index (χ0n) is 9.96. The van der Waals surface area contributed by atoms with Crippen molar-refractivity contribution < 1.29 is 9.90 Å². The van der Waals surface area contributed by atoms with Gasteiger partial charge in [0.05, 0.1) is 6.54 Å². The van der Waals surface area contributed by atoms with E-state index in [1.165, 1.54) is 19.3 Å². The number of unbranched alkanes of at least 4 members (excludes halogenated alkanes) is 2. The van der Waals surface area contributed by atoms with E-state index in [9.17, 15) is 4.79 Å². The summed E-state index contributed by atoms with van der Waals surface area (Å²) in [4.78, 5) is 12.2. The van der Waals surface area contributed by atoms with Gasteiger partial charge in [-0.25, -0.2) is 0 Å². The van der Waals surface area contributed by atoms with Gasteiger partial charge < -0.3 is 10.4 Å². The summed E-state index contributed by atoms with van der Waals surface area (Å²) in [5.74, 6) is -0.756. The average molecular weight is 216 g/mol. The number of rotatable bonds is 10. The Kier molecular flexibility index (Phi) is 9.52. The topological polar surface area (TPSA) is 52.6 Å². The van der Waals surface area contributed by atoms with Crippen LogP contribution in [0.25, 0.3) is 0 Å². The summed E-state index contributed by atoms with van der Waals surface area (Å²) >= 11 is 0. The Balaban J connectivity index is 3.13. The van der Waals surface area contributed by atoms with Crippen LogP contribution in [0, 0.1) is 0 Å². The molecule has 0 saturated carbocycles. The maximum atomic E-state index is 10.4. The normalized spacial score (nSPS) is 10.9. The van der Waals surface area contributed by atoms with Crippen LogP contribution < -0.4 is 5.32 Å². The van der Waals surface area contributed by atoms with E-state index < -0.39 is 5.97 Å². The van der Waals surface area contributed by atoms with Gasteiger partial charge in [-0.3, -0.25) is 9.69 Å². The molecule has 0 aliphatic rings. The molecule has 15 heavy (non-hydrogen) atoms. The van der Waals surface area contributed by atoms with Crippen molar-refractivity contribution in [3.05, 3.63) is 0 Å². The molecular weight excluding hydrogens is 192 g/mol. The summed E-state index contributed by atoms with van der Waals surface area (Å²) in [5.41, 5.74) is 0. The molecule has 0 aromatic rings. The van der Waals surface area contributed by atoms with Gasteiger partial charge in [-0.15, -0.1) is 0 Å². The average Bonchev–Trinajstić information content (AvgIpc) is 2.15. The molecule has 0 unspecified atom stereocenters. The Morgan fingerprint density at radius 3 is 2.53 bits per heavy atom. The van der Waals surface area contributed by atoms with Crippen LogP contribution in [-0.2, 0) is 4.79 Å². The SMILES string of the molecule is CCCCCNCCCN(C)CC(=O)O. The van der Waals surface area contributed by atoms with Crippen LogP contribution in [0.3, 0.4) is 0 Å². The summed E-state index contributed by atoms with van der Waals surface area (Å²) in [6.07, 6.45) is 4.78. The highest BCUT2D eigenvalue weighted by atomic mass is 16.4. The van der Waals surface area contributed by atoms with Gasteiger partial charge in [-0.1, -0.05) is 19.8 Å². The zero-order valence-corrected chi connectivity index (χ0v) is 9.96. The molecule has 0 heterocycles. The molecule has 4 heteroatoms. The van der Waals surface area contributed by atoms with E-state index in [2.05, 4.69) is 12.2 Å². The van der Waals surface area contributed by atoms with E-state index in [-0.39, 0.29) is 6.54 Å². The summed E-state index contributed by atoms with van der Waals surface area (Å²) in [7, 11) is 1.84. The molecule has 0 radical (unpaired) electrons. The highest BCUT2D eigenvalue weighted by Gasteiger charge is 2.02. The molecule has 0 aromatic carbocycles. The van der Waals surface area contributed by atoms with Gasteiger partial charge >= 0.3 is 5.97 Å². The smallest absolute Gasteiger partial charge is 0.317 e. The first-order chi connectivity index (χ1) is 7.16. The quantitative estimate of drug-likeness (QED) is 0.538. The highest BCUT2D eigenvalue weighted by molar-refractivity contribution is 5.68. The fraction of sp³-hybridized carbons (Fsp3) is 0.909. The first-order valence-electron chi connectivity index (χ1n) is 5.78. The van der Waals surface area contributed by atoms with E-state index in [4.69, 9.17) is 5.11 Å². The predicted molar refractivity (Wildman–Crippen MR) is 62.1 cm³/mol. The number of hydrogen-bond donors (Lipinski definition) is 2. The van der Waals surface area contributed by atoms with Crippen LogP contribution in [-0.4, -0.2) is 49.2 Å². The van der Waals surface area contributed by atoms with Gasteiger partial charge in [0.1, 0.15) is 0 Å². The van der Waals surface area contributed by atoms with E-state index in [1.54, 1.807) is 0 Å². The van der Waals surface area contributed by atoms with Gasteiger partial charge in [-0.05, 0) is 39.5 Å². The minimum Gasteiger partial charge on any atom is -0.480 e. The number of carboxylic acid groups (broad SMARTS) is 1. The van der Waals surface area contributed by atoms with E-state index in [1.807, 2.05) is 11.9 Å². The number of carbonyl (C=O) groups is 1. The molecular formula is C11H24N2O2. The van der Waals surface area contributed by atoms with Crippen LogP contribution in [0.4, 0.5) is 0 Å². The van der Waals surface area contributed by atoms with Crippen LogP contribution in [0.1, 0.15) is 32.6 Å². The lowest BCUT2D eigenvalue weighted by Gasteiger charge is -2.13. The van der Waals surface area contributed by atoms with Crippen molar-refractivity contribution in [2.75, 3.05) is 33.2 Å². The molecule has 0 saturated heterocycles. The van der Waals surface area contributed by atoms with Crippen LogP contribution in [0.15, 0.2) is 0 Å². The van der Waals surface area contributed by atoms with Crippen LogP contribution in [0.2, 0.25) is 0 Å². The van der Waals surface area contributed by atoms with Crippen LogP contribution in [0.5, 0.6) is 0 Å². The summed E-state index contributed by atoms with van der Waals surface area (Å²) in [6.45, 7) is 5.23. The lowest BCUT2D eigenvalue weighted by Crippen LogP contribution is -2.29. The van der Waals surface area contributed by atoms with Crippen molar-refractivity contribution in [3.63, 3.8) is 0 Å². The summed E-state index contributed by atoms with van der Waals surface area (Å²) in [5, 5.41) is 11.9. The summed E-state index contributed by atoms with van der Waals surface area (Å²) in [6, 6.07) is 0. The van der Waals surface area contributed by atoms with Crippen LogP contribution >= 0.6 is 0 Å². The van der Waals surface area contributed by atoms with Gasteiger partial charge in [0.2, 0.25) is 0 Å². The maximum Gasteiger partial charge on any atom is 0.317 e. The monoisotopic (exact) mass is 216 g/mol. The number of aliphatic carboxylic acids is 1. The van der Waals surface area contributed by atoms with Gasteiger partial charge in [-0.2, -0.15) is 0 Å². The van der Waals surface area contributed by atoms with Crippen molar-refractivity contribution in [2.24, 2.45) is 0 Å². The molecule has 0 aromatic heterocycles. The lowest BCUT2D eigenvalue weighted by molar-refractivity contribution is -0.137. The molecule has 90 valence electrons. The molecule has 0 amide bonds. The Bertz CT molecular complexity index is 163. The Morgan fingerprint density at radius 2 is 1.93 bits per heavy atom. The maximum absolute atomic E-state index is 10.4. The number of nitrogens with zero attached hydrogens (tertiary/aromatic N) is 1. The molecule has 2 N–H and O–H groups in total. The molecule has 0 fully saturated rings. The number of likely N-dealkylation sites (N-methyl/N-ethyl adjacent to an activating group) is 1. The van der Waals surface area contributed by atoms with Gasteiger partial charge in [0.15, 0.2) is 0 Å². The highest BCUT2D eigenvalue weighted by Crippen LogP contribution is 1.91. The zero-order chi connectivity index (χ0) is 11.5. The van der Waals surface area contributed by atoms with Gasteiger partial charge in [0, 0.05) is 0 Å². The third-order valence-electron chi connectivity index (χ3n) is 2.26. The third-order valence-corrected chi connectivity index (χ3v) is 2.26. The lowest BCUT2D eigenvalue weighted by atomic mass is 10.2. The first-order valence-corrected chi connectivity index (χ1v) is 5.78. The van der Waals surface area contributed by atoms with E-state index in [0.29, 0.717) is 0 Å². The molecule has 0 rings (SSSR count). The van der Waals surface area contributed by atoms with Crippen molar-refractivity contribution in [1.29, 1.82) is 0 Å². The predicted octanol–water partition coefficient (Wildman–Crippen LogP) is 1.17. The molecule has 0 atom stereocenters. The Hall–Kier alpha value is -0.610. The molecule has 4 nitrogen and oxygen atoms in total. The van der Waals surface area contributed by atoms with Crippen molar-refractivity contribution >= 4 is 5.97 Å². The second-order valence-corrected chi connectivity index (χ2v) is 3.94. The Labute approximate surface area is 92.7 Å². The summed E-state index contributed by atoms with van der Waals surface area (Å²) < 4.78 is 0. The number of nitrogens with one attached hydrogen (secondary N) is 1. The van der Waals surface area contributed by atoms with Crippen molar-refractivity contribution in [3.8, 4) is 0 Å². The second kappa shape index (κ2) is 9.93. The molecule has 0 spiro atoms. The van der Waals surface area contributed by atoms with Gasteiger partial charge in [0.25, 0.3) is 0 Å².